The minimum atomic E-state index is -1.43. The Morgan fingerprint density at radius 1 is 1.50 bits per heavy atom. The first-order valence-electron chi connectivity index (χ1n) is 6.25. The molecule has 0 amide bonds. The molecule has 0 aliphatic heterocycles. The quantitative estimate of drug-likeness (QED) is 0.418. The van der Waals surface area contributed by atoms with Crippen molar-refractivity contribution in [2.75, 3.05) is 0 Å². The summed E-state index contributed by atoms with van der Waals surface area (Å²) in [6, 6.07) is 0. The summed E-state index contributed by atoms with van der Waals surface area (Å²) in [5.41, 5.74) is 0. The van der Waals surface area contributed by atoms with Gasteiger partial charge in [-0.25, -0.2) is 0 Å². The Hall–Kier alpha value is -0.413. The first kappa shape index (κ1) is 13.7. The van der Waals surface area contributed by atoms with Crippen molar-refractivity contribution in [1.29, 1.82) is 0 Å². The van der Waals surface area contributed by atoms with Gasteiger partial charge >= 0.3 is 0 Å². The lowest BCUT2D eigenvalue weighted by molar-refractivity contribution is -0.120. The molecule has 2 atom stereocenters. The van der Waals surface area contributed by atoms with E-state index in [0.717, 1.165) is 25.7 Å². The maximum atomic E-state index is 11.4. The molecule has 0 aromatic heterocycles. The molecule has 0 bridgehead atoms. The summed E-state index contributed by atoms with van der Waals surface area (Å²) in [7, 11) is -1.43. The van der Waals surface area contributed by atoms with Crippen LogP contribution in [0.15, 0.2) is 12.2 Å². The molecule has 0 N–H and O–H groups in total. The molecule has 1 aliphatic carbocycles. The highest BCUT2D eigenvalue weighted by Gasteiger charge is 2.22. The second kappa shape index (κ2) is 5.78. The normalized spacial score (nSPS) is 24.2. The number of Topliss-reactive ketones (excluding diaryl/α,β-unsaturated/α-hetero) is 1. The Morgan fingerprint density at radius 2 is 2.19 bits per heavy atom. The van der Waals surface area contributed by atoms with Crippen LogP contribution < -0.4 is 0 Å². The van der Waals surface area contributed by atoms with Crippen molar-refractivity contribution < 1.29 is 9.22 Å². The molecule has 2 unspecified atom stereocenters. The molecule has 1 rings (SSSR count). The van der Waals surface area contributed by atoms with Gasteiger partial charge in [-0.2, -0.15) is 0 Å². The fraction of sp³-hybridized carbons (Fsp3) is 0.769. The second-order valence-electron chi connectivity index (χ2n) is 5.65. The van der Waals surface area contributed by atoms with Crippen molar-refractivity contribution in [3.8, 4) is 0 Å². The number of carbonyl (C=O) groups is 1. The third-order valence-electron chi connectivity index (χ3n) is 2.80. The molecule has 0 saturated heterocycles. The minimum Gasteiger partial charge on any atom is -0.412 e. The van der Waals surface area contributed by atoms with Crippen molar-refractivity contribution in [3.05, 3.63) is 12.2 Å². The highest BCUT2D eigenvalue weighted by atomic mass is 28.4. The van der Waals surface area contributed by atoms with E-state index in [1.54, 1.807) is 0 Å². The molecule has 1 saturated carbocycles. The number of hydrogen-bond acceptors (Lipinski definition) is 2. The minimum absolute atomic E-state index is 0.183. The smallest absolute Gasteiger partial charge is 0.184 e. The highest BCUT2D eigenvalue weighted by molar-refractivity contribution is 6.69. The van der Waals surface area contributed by atoms with Crippen molar-refractivity contribution in [1.82, 2.24) is 0 Å². The molecule has 0 radical (unpaired) electrons. The van der Waals surface area contributed by atoms with Crippen LogP contribution in [0.4, 0.5) is 0 Å². The summed E-state index contributed by atoms with van der Waals surface area (Å²) in [6.45, 7) is 8.65. The Morgan fingerprint density at radius 3 is 2.69 bits per heavy atom. The Labute approximate surface area is 100 Å². The standard InChI is InChI=1S/C13H24O2Si/c1-11(15-16(2,3)4)7-5-8-12-9-6-10-13(12)14/h5,7,11-12H,6,8-10H2,1-4H3/i13+1. The molecule has 3 heteroatoms. The van der Waals surface area contributed by atoms with E-state index in [0.29, 0.717) is 5.78 Å². The summed E-state index contributed by atoms with van der Waals surface area (Å²) >= 11 is 0. The summed E-state index contributed by atoms with van der Waals surface area (Å²) in [4.78, 5) is 11.4. The molecular weight excluding hydrogens is 217 g/mol. The summed E-state index contributed by atoms with van der Waals surface area (Å²) in [5.74, 6) is 0.735. The zero-order chi connectivity index (χ0) is 12.2. The average molecular weight is 241 g/mol. The van der Waals surface area contributed by atoms with Crippen molar-refractivity contribution in [3.63, 3.8) is 0 Å². The second-order valence-corrected chi connectivity index (χ2v) is 10.1. The molecule has 0 aromatic carbocycles. The third-order valence-corrected chi connectivity index (χ3v) is 3.88. The van der Waals surface area contributed by atoms with Crippen LogP contribution in [-0.2, 0) is 9.22 Å². The van der Waals surface area contributed by atoms with Crippen LogP contribution in [0.1, 0.15) is 32.6 Å². The maximum Gasteiger partial charge on any atom is 0.184 e. The number of carbonyl (C=O) groups excluding carboxylic acids is 1. The van der Waals surface area contributed by atoms with Gasteiger partial charge in [-0.3, -0.25) is 4.79 Å². The Kier molecular flexibility index (Phi) is 4.93. The lowest BCUT2D eigenvalue weighted by Gasteiger charge is -2.21. The predicted molar refractivity (Wildman–Crippen MR) is 70.0 cm³/mol. The van der Waals surface area contributed by atoms with Gasteiger partial charge in [-0.05, 0) is 45.8 Å². The molecule has 1 fully saturated rings. The van der Waals surface area contributed by atoms with Crippen LogP contribution in [0.25, 0.3) is 0 Å². The summed E-state index contributed by atoms with van der Waals surface area (Å²) in [5, 5.41) is 0. The fourth-order valence-corrected chi connectivity index (χ4v) is 3.36. The zero-order valence-corrected chi connectivity index (χ0v) is 12.0. The van der Waals surface area contributed by atoms with E-state index in [2.05, 4.69) is 38.7 Å². The van der Waals surface area contributed by atoms with E-state index < -0.39 is 8.32 Å². The highest BCUT2D eigenvalue weighted by Crippen LogP contribution is 2.24. The largest absolute Gasteiger partial charge is 0.412 e. The number of rotatable bonds is 5. The Balaban J connectivity index is 2.28. The topological polar surface area (TPSA) is 26.3 Å². The van der Waals surface area contributed by atoms with E-state index in [-0.39, 0.29) is 12.0 Å². The number of allylic oxidation sites excluding steroid dienone is 1. The van der Waals surface area contributed by atoms with Crippen LogP contribution in [-0.4, -0.2) is 20.2 Å². The molecule has 2 nitrogen and oxygen atoms in total. The average Bonchev–Trinajstić information content (AvgIpc) is 2.48. The zero-order valence-electron chi connectivity index (χ0n) is 11.0. The predicted octanol–water partition coefficient (Wildman–Crippen LogP) is 3.54. The molecule has 0 aromatic rings. The van der Waals surface area contributed by atoms with Crippen LogP contribution in [0, 0.1) is 5.92 Å². The van der Waals surface area contributed by atoms with Gasteiger partial charge in [0.25, 0.3) is 0 Å². The summed E-state index contributed by atoms with van der Waals surface area (Å²) < 4.78 is 5.90. The van der Waals surface area contributed by atoms with Gasteiger partial charge in [0.2, 0.25) is 0 Å². The van der Waals surface area contributed by atoms with Crippen LogP contribution >= 0.6 is 0 Å². The summed E-state index contributed by atoms with van der Waals surface area (Å²) in [6.07, 6.45) is 8.26. The van der Waals surface area contributed by atoms with Gasteiger partial charge in [0.05, 0.1) is 6.10 Å². The maximum absolute atomic E-state index is 11.4. The van der Waals surface area contributed by atoms with Crippen molar-refractivity contribution in [2.45, 2.75) is 58.4 Å². The lowest BCUT2D eigenvalue weighted by atomic mass is 10.1. The van der Waals surface area contributed by atoms with Crippen LogP contribution in [0.5, 0.6) is 0 Å². The van der Waals surface area contributed by atoms with E-state index in [4.69, 9.17) is 4.43 Å². The first-order chi connectivity index (χ1) is 7.38. The molecule has 16 heavy (non-hydrogen) atoms. The molecular formula is C13H24O2Si. The van der Waals surface area contributed by atoms with Gasteiger partial charge in [0.1, 0.15) is 5.78 Å². The molecule has 0 spiro atoms. The van der Waals surface area contributed by atoms with Gasteiger partial charge in [-0.1, -0.05) is 12.2 Å². The first-order valence-corrected chi connectivity index (χ1v) is 9.66. The lowest BCUT2D eigenvalue weighted by Crippen LogP contribution is -2.29. The van der Waals surface area contributed by atoms with Crippen LogP contribution in [0.2, 0.25) is 19.6 Å². The van der Waals surface area contributed by atoms with Crippen molar-refractivity contribution >= 4 is 14.1 Å². The molecule has 92 valence electrons. The molecule has 1 aliphatic rings. The number of hydrogen-bond donors (Lipinski definition) is 0. The number of ketones is 1. The van der Waals surface area contributed by atoms with Gasteiger partial charge in [-0.15, -0.1) is 0 Å². The van der Waals surface area contributed by atoms with E-state index in [1.165, 1.54) is 0 Å². The monoisotopic (exact) mass is 241 g/mol. The van der Waals surface area contributed by atoms with Gasteiger partial charge in [0.15, 0.2) is 8.32 Å². The van der Waals surface area contributed by atoms with E-state index in [1.807, 2.05) is 0 Å². The van der Waals surface area contributed by atoms with Gasteiger partial charge in [0, 0.05) is 12.3 Å². The third kappa shape index (κ3) is 5.08. The van der Waals surface area contributed by atoms with E-state index in [9.17, 15) is 4.79 Å². The van der Waals surface area contributed by atoms with Crippen molar-refractivity contribution in [2.24, 2.45) is 5.92 Å². The van der Waals surface area contributed by atoms with Crippen LogP contribution in [0.3, 0.4) is 0 Å². The molecule has 0 heterocycles. The Bertz CT molecular complexity index is 266. The van der Waals surface area contributed by atoms with Gasteiger partial charge < -0.3 is 4.43 Å². The fourth-order valence-electron chi connectivity index (χ4n) is 2.17. The van der Waals surface area contributed by atoms with E-state index >= 15 is 0 Å². The SMILES string of the molecule is CC(C=CCC1CCC[13C]1=O)O[Si](C)(C)C.